The number of methoxy groups -OCH3 is 1. The molecule has 0 aliphatic carbocycles. The van der Waals surface area contributed by atoms with Crippen LogP contribution in [0.4, 0.5) is 0 Å². The molecule has 2 fully saturated rings. The minimum Gasteiger partial charge on any atom is -0.497 e. The van der Waals surface area contributed by atoms with Crippen molar-refractivity contribution in [2.75, 3.05) is 20.3 Å². The molecule has 0 amide bonds. The number of thiol groups is 1. The van der Waals surface area contributed by atoms with Crippen molar-refractivity contribution in [1.82, 2.24) is 0 Å². The van der Waals surface area contributed by atoms with Gasteiger partial charge in [0.1, 0.15) is 72.4 Å². The predicted molar refractivity (Wildman–Crippen MR) is 107 cm³/mol. The Morgan fingerprint density at radius 1 is 0.839 bits per heavy atom. The molecule has 2 aliphatic heterocycles. The van der Waals surface area contributed by atoms with Crippen LogP contribution in [-0.2, 0) is 14.2 Å². The van der Waals surface area contributed by atoms with Crippen LogP contribution in [0.2, 0.25) is 0 Å². The third kappa shape index (κ3) is 5.42. The number of rotatable bonds is 7. The second-order valence-electron chi connectivity index (χ2n) is 7.33. The molecule has 0 unspecified atom stereocenters. The minimum atomic E-state index is -1.68. The highest BCUT2D eigenvalue weighted by Gasteiger charge is 2.50. The van der Waals surface area contributed by atoms with Crippen molar-refractivity contribution >= 4 is 12.6 Å². The Labute approximate surface area is 184 Å². The topological polar surface area (TPSA) is 168 Å². The lowest BCUT2D eigenvalue weighted by atomic mass is 9.97. The summed E-state index contributed by atoms with van der Waals surface area (Å²) < 4.78 is 27.3. The van der Waals surface area contributed by atoms with Gasteiger partial charge in [-0.25, -0.2) is 0 Å². The molecule has 6 N–H and O–H groups in total. The van der Waals surface area contributed by atoms with E-state index in [-0.39, 0.29) is 6.61 Å². The molecule has 1 aromatic rings. The average Bonchev–Trinajstić information content (AvgIpc) is 2.78. The van der Waals surface area contributed by atoms with E-state index < -0.39 is 67.2 Å². The minimum absolute atomic E-state index is 0.116. The molecular formula is C19H28O11S. The van der Waals surface area contributed by atoms with E-state index in [9.17, 15) is 30.6 Å². The Morgan fingerprint density at radius 2 is 1.48 bits per heavy atom. The fourth-order valence-electron chi connectivity index (χ4n) is 3.41. The van der Waals surface area contributed by atoms with Crippen molar-refractivity contribution in [1.29, 1.82) is 0 Å². The summed E-state index contributed by atoms with van der Waals surface area (Å²) >= 11 is 4.11. The molecule has 10 atom stereocenters. The van der Waals surface area contributed by atoms with Gasteiger partial charge in [-0.05, 0) is 24.3 Å². The van der Waals surface area contributed by atoms with Crippen molar-refractivity contribution in [3.05, 3.63) is 24.3 Å². The Kier molecular flexibility index (Phi) is 8.37. The summed E-state index contributed by atoms with van der Waals surface area (Å²) in [5.74, 6) is 1.12. The first kappa shape index (κ1) is 24.5. The fraction of sp³-hybridized carbons (Fsp3) is 0.684. The molecule has 2 aliphatic rings. The average molecular weight is 464 g/mol. The largest absolute Gasteiger partial charge is 0.497 e. The zero-order valence-corrected chi connectivity index (χ0v) is 17.6. The fourth-order valence-corrected chi connectivity index (χ4v) is 3.74. The second kappa shape index (κ2) is 10.6. The molecule has 31 heavy (non-hydrogen) atoms. The highest BCUT2D eigenvalue weighted by atomic mass is 32.1. The maximum Gasteiger partial charge on any atom is 0.187 e. The van der Waals surface area contributed by atoms with E-state index in [4.69, 9.17) is 23.7 Å². The van der Waals surface area contributed by atoms with Gasteiger partial charge in [0.15, 0.2) is 6.29 Å². The molecule has 11 nitrogen and oxygen atoms in total. The summed E-state index contributed by atoms with van der Waals surface area (Å²) in [4.78, 5) is 0. The Balaban J connectivity index is 1.72. The highest BCUT2D eigenvalue weighted by molar-refractivity contribution is 7.80. The van der Waals surface area contributed by atoms with Gasteiger partial charge in [0.25, 0.3) is 0 Å². The molecule has 12 heteroatoms. The van der Waals surface area contributed by atoms with E-state index >= 15 is 0 Å². The zero-order valence-electron chi connectivity index (χ0n) is 16.7. The molecule has 3 rings (SSSR count). The van der Waals surface area contributed by atoms with Gasteiger partial charge in [-0.15, -0.1) is 12.6 Å². The maximum atomic E-state index is 10.5. The van der Waals surface area contributed by atoms with Gasteiger partial charge in [-0.2, -0.15) is 0 Å². The van der Waals surface area contributed by atoms with E-state index in [1.54, 1.807) is 24.3 Å². The SMILES string of the molecule is COc1ccc(OC[C@H]2O[C@@H](S)[C@H](O)[C@@H](O)[C@@H]2O[C@@H]2O[C@H](CO)[C@@H](O)[C@H](O)[C@H]2O)cc1. The number of benzene rings is 1. The number of hydrogen-bond acceptors (Lipinski definition) is 12. The van der Waals surface area contributed by atoms with Crippen LogP contribution in [0, 0.1) is 0 Å². The van der Waals surface area contributed by atoms with E-state index in [2.05, 4.69) is 12.6 Å². The monoisotopic (exact) mass is 464 g/mol. The molecule has 0 aromatic heterocycles. The van der Waals surface area contributed by atoms with Gasteiger partial charge in [0.2, 0.25) is 0 Å². The van der Waals surface area contributed by atoms with Gasteiger partial charge >= 0.3 is 0 Å². The first-order valence-electron chi connectivity index (χ1n) is 9.69. The quantitative estimate of drug-likeness (QED) is 0.216. The van der Waals surface area contributed by atoms with Crippen LogP contribution in [0.1, 0.15) is 0 Å². The molecule has 0 spiro atoms. The first-order valence-corrected chi connectivity index (χ1v) is 10.2. The van der Waals surface area contributed by atoms with Crippen LogP contribution in [0.25, 0.3) is 0 Å². The van der Waals surface area contributed by atoms with Crippen molar-refractivity contribution < 1.29 is 54.3 Å². The number of aliphatic hydroxyl groups is 6. The molecule has 2 saturated heterocycles. The van der Waals surface area contributed by atoms with Gasteiger partial charge in [0, 0.05) is 0 Å². The molecule has 0 saturated carbocycles. The lowest BCUT2D eigenvalue weighted by molar-refractivity contribution is -0.337. The Hall–Kier alpha value is -1.19. The van der Waals surface area contributed by atoms with Crippen LogP contribution in [-0.4, -0.2) is 112 Å². The van der Waals surface area contributed by atoms with Crippen molar-refractivity contribution in [2.45, 2.75) is 60.6 Å². The van der Waals surface area contributed by atoms with Crippen LogP contribution < -0.4 is 9.47 Å². The summed E-state index contributed by atoms with van der Waals surface area (Å²) in [5, 5.41) is 60.1. The van der Waals surface area contributed by atoms with E-state index in [1.165, 1.54) is 7.11 Å². The van der Waals surface area contributed by atoms with Gasteiger partial charge in [-0.3, -0.25) is 0 Å². The predicted octanol–water partition coefficient (Wildman–Crippen LogP) is -2.36. The van der Waals surface area contributed by atoms with Crippen LogP contribution >= 0.6 is 12.6 Å². The summed E-state index contributed by atoms with van der Waals surface area (Å²) in [5.41, 5.74) is -1.03. The number of aliphatic hydroxyl groups excluding tert-OH is 6. The van der Waals surface area contributed by atoms with Gasteiger partial charge in [-0.1, -0.05) is 0 Å². The van der Waals surface area contributed by atoms with Gasteiger partial charge < -0.3 is 54.3 Å². The molecule has 176 valence electrons. The molecule has 0 radical (unpaired) electrons. The molecule has 2 heterocycles. The summed E-state index contributed by atoms with van der Waals surface area (Å²) in [7, 11) is 1.53. The number of ether oxygens (including phenoxy) is 5. The van der Waals surface area contributed by atoms with E-state index in [0.717, 1.165) is 0 Å². The zero-order chi connectivity index (χ0) is 22.7. The lowest BCUT2D eigenvalue weighted by Gasteiger charge is -2.45. The standard InChI is InChI=1S/C19H28O11S/c1-26-8-2-4-9(5-3-8)27-7-11-17(14(23)16(25)19(31)29-11)30-18-15(24)13(22)12(21)10(6-20)28-18/h2-5,10-25,31H,6-7H2,1H3/t10-,11-,12-,13+,14-,15-,16-,17-,18+,19+/m1/s1. The van der Waals surface area contributed by atoms with E-state index in [1.807, 2.05) is 0 Å². The van der Waals surface area contributed by atoms with Crippen LogP contribution in [0.5, 0.6) is 11.5 Å². The molecule has 1 aromatic carbocycles. The van der Waals surface area contributed by atoms with Gasteiger partial charge in [0.05, 0.1) is 13.7 Å². The summed E-state index contributed by atoms with van der Waals surface area (Å²) in [6, 6.07) is 6.72. The second-order valence-corrected chi connectivity index (χ2v) is 7.84. The highest BCUT2D eigenvalue weighted by Crippen LogP contribution is 2.30. The summed E-state index contributed by atoms with van der Waals surface area (Å²) in [6.45, 7) is -0.755. The maximum absolute atomic E-state index is 10.5. The van der Waals surface area contributed by atoms with E-state index in [0.29, 0.717) is 11.5 Å². The van der Waals surface area contributed by atoms with Crippen LogP contribution in [0.3, 0.4) is 0 Å². The first-order chi connectivity index (χ1) is 14.8. The smallest absolute Gasteiger partial charge is 0.187 e. The van der Waals surface area contributed by atoms with Crippen molar-refractivity contribution in [3.8, 4) is 11.5 Å². The Bertz CT molecular complexity index is 690. The lowest BCUT2D eigenvalue weighted by Crippen LogP contribution is -2.64. The Morgan fingerprint density at radius 3 is 2.10 bits per heavy atom. The third-order valence-electron chi connectivity index (χ3n) is 5.27. The summed E-state index contributed by atoms with van der Waals surface area (Å²) in [6.07, 6.45) is -12.7. The van der Waals surface area contributed by atoms with Crippen molar-refractivity contribution in [3.63, 3.8) is 0 Å². The van der Waals surface area contributed by atoms with Crippen molar-refractivity contribution in [2.24, 2.45) is 0 Å². The third-order valence-corrected chi connectivity index (χ3v) is 5.70. The van der Waals surface area contributed by atoms with Crippen LogP contribution in [0.15, 0.2) is 24.3 Å². The normalized spacial score (nSPS) is 41.0. The molecule has 0 bridgehead atoms. The number of hydrogen-bond donors (Lipinski definition) is 7. The molecular weight excluding hydrogens is 436 g/mol.